The number of benzene rings is 2. The van der Waals surface area contributed by atoms with Crippen LogP contribution in [0.3, 0.4) is 0 Å². The average Bonchev–Trinajstić information content (AvgIpc) is 3.51. The second-order valence-corrected chi connectivity index (χ2v) is 8.59. The highest BCUT2D eigenvalue weighted by atomic mass is 19.1. The standard InChI is InChI=1S/C24H18FN3O6/c25-17-7-3-13(4-8-17)19(29)12-26(22(30)14-5-9-18(10-6-14)28(33)34)27-23(31)20-15-1-2-16(11-15)21(20)24(27)32/h1-10,15-16,20-21H,11-12H2/t15-,16-,20-,21+/m0/s1. The quantitative estimate of drug-likeness (QED) is 0.214. The zero-order valence-electron chi connectivity index (χ0n) is 17.7. The lowest BCUT2D eigenvalue weighted by atomic mass is 9.85. The summed E-state index contributed by atoms with van der Waals surface area (Å²) in [5.41, 5.74) is -0.170. The number of imide groups is 1. The number of rotatable bonds is 6. The topological polar surface area (TPSA) is 118 Å². The number of hydrogen-bond acceptors (Lipinski definition) is 6. The molecule has 2 aliphatic carbocycles. The summed E-state index contributed by atoms with van der Waals surface area (Å²) in [6, 6.07) is 9.34. The monoisotopic (exact) mass is 463 g/mol. The Kier molecular flexibility index (Phi) is 5.07. The van der Waals surface area contributed by atoms with E-state index in [4.69, 9.17) is 0 Å². The number of allylic oxidation sites excluding steroid dienone is 2. The summed E-state index contributed by atoms with van der Waals surface area (Å²) in [4.78, 5) is 63.3. The highest BCUT2D eigenvalue weighted by Gasteiger charge is 2.61. The largest absolute Gasteiger partial charge is 0.292 e. The van der Waals surface area contributed by atoms with Crippen molar-refractivity contribution in [1.29, 1.82) is 0 Å². The Balaban J connectivity index is 1.49. The van der Waals surface area contributed by atoms with E-state index >= 15 is 0 Å². The zero-order valence-corrected chi connectivity index (χ0v) is 17.7. The van der Waals surface area contributed by atoms with E-state index in [2.05, 4.69) is 0 Å². The van der Waals surface area contributed by atoms with Gasteiger partial charge in [0.25, 0.3) is 23.4 Å². The molecular weight excluding hydrogens is 445 g/mol. The van der Waals surface area contributed by atoms with E-state index in [-0.39, 0.29) is 28.7 Å². The van der Waals surface area contributed by atoms with E-state index in [1.54, 1.807) is 0 Å². The first kappa shape index (κ1) is 21.6. The summed E-state index contributed by atoms with van der Waals surface area (Å²) in [5, 5.41) is 12.5. The van der Waals surface area contributed by atoms with Gasteiger partial charge in [-0.05, 0) is 54.7 Å². The van der Waals surface area contributed by atoms with Gasteiger partial charge >= 0.3 is 0 Å². The number of halogens is 1. The summed E-state index contributed by atoms with van der Waals surface area (Å²) in [6.07, 6.45) is 4.52. The van der Waals surface area contributed by atoms with Crippen LogP contribution in [0.5, 0.6) is 0 Å². The number of fused-ring (bicyclic) bond motifs is 5. The molecule has 4 atom stereocenters. The molecule has 1 aliphatic heterocycles. The molecule has 2 aromatic carbocycles. The molecule has 3 aliphatic rings. The van der Waals surface area contributed by atoms with Crippen molar-refractivity contribution in [3.8, 4) is 0 Å². The number of nitro groups is 1. The fourth-order valence-electron chi connectivity index (χ4n) is 5.10. The van der Waals surface area contributed by atoms with Crippen LogP contribution < -0.4 is 0 Å². The van der Waals surface area contributed by atoms with Gasteiger partial charge in [0.2, 0.25) is 0 Å². The minimum Gasteiger partial charge on any atom is -0.292 e. The maximum atomic E-state index is 13.4. The molecule has 5 rings (SSSR count). The number of hydrogen-bond donors (Lipinski definition) is 0. The number of nitro benzene ring substituents is 1. The van der Waals surface area contributed by atoms with Crippen molar-refractivity contribution in [3.05, 3.63) is 87.7 Å². The van der Waals surface area contributed by atoms with Crippen LogP contribution in [0.25, 0.3) is 0 Å². The molecule has 0 spiro atoms. The highest BCUT2D eigenvalue weighted by Crippen LogP contribution is 2.52. The van der Waals surface area contributed by atoms with Crippen LogP contribution in [0.1, 0.15) is 27.1 Å². The lowest BCUT2D eigenvalue weighted by molar-refractivity contribution is -0.384. The molecule has 9 nitrogen and oxygen atoms in total. The number of carbonyl (C=O) groups excluding carboxylic acids is 4. The Morgan fingerprint density at radius 1 is 0.941 bits per heavy atom. The van der Waals surface area contributed by atoms with Crippen molar-refractivity contribution < 1.29 is 28.5 Å². The summed E-state index contributed by atoms with van der Waals surface area (Å²) < 4.78 is 13.3. The lowest BCUT2D eigenvalue weighted by Gasteiger charge is -2.30. The van der Waals surface area contributed by atoms with Gasteiger partial charge in [0.1, 0.15) is 12.4 Å². The third-order valence-electron chi connectivity index (χ3n) is 6.71. The molecule has 10 heteroatoms. The minimum absolute atomic E-state index is 0.0312. The number of non-ortho nitro benzene ring substituents is 1. The van der Waals surface area contributed by atoms with E-state index in [1.807, 2.05) is 12.2 Å². The van der Waals surface area contributed by atoms with Crippen LogP contribution in [-0.4, -0.2) is 45.0 Å². The van der Waals surface area contributed by atoms with Crippen molar-refractivity contribution in [1.82, 2.24) is 10.0 Å². The third-order valence-corrected chi connectivity index (χ3v) is 6.71. The predicted molar refractivity (Wildman–Crippen MR) is 114 cm³/mol. The van der Waals surface area contributed by atoms with Gasteiger partial charge in [-0.1, -0.05) is 12.2 Å². The number of Topliss-reactive ketones (excluding diaryl/α,β-unsaturated/α-hetero) is 1. The van der Waals surface area contributed by atoms with Crippen molar-refractivity contribution >= 4 is 29.2 Å². The van der Waals surface area contributed by atoms with E-state index in [0.717, 1.165) is 34.3 Å². The smallest absolute Gasteiger partial charge is 0.273 e. The van der Waals surface area contributed by atoms with Gasteiger partial charge in [-0.3, -0.25) is 29.3 Å². The summed E-state index contributed by atoms with van der Waals surface area (Å²) in [5.74, 6) is -4.44. The van der Waals surface area contributed by atoms with Crippen LogP contribution in [0.4, 0.5) is 10.1 Å². The zero-order chi connectivity index (χ0) is 24.1. The van der Waals surface area contributed by atoms with E-state index < -0.39 is 52.6 Å². The summed E-state index contributed by atoms with van der Waals surface area (Å²) in [6.45, 7) is -0.638. The molecular formula is C24H18FN3O6. The van der Waals surface area contributed by atoms with Crippen molar-refractivity contribution in [2.24, 2.45) is 23.7 Å². The number of amides is 3. The maximum Gasteiger partial charge on any atom is 0.273 e. The van der Waals surface area contributed by atoms with Crippen LogP contribution in [0.15, 0.2) is 60.7 Å². The van der Waals surface area contributed by atoms with E-state index in [9.17, 15) is 33.7 Å². The molecule has 0 aromatic heterocycles. The number of hydrazine groups is 1. The number of carbonyl (C=O) groups is 4. The third kappa shape index (κ3) is 3.38. The van der Waals surface area contributed by atoms with Crippen molar-refractivity contribution in [3.63, 3.8) is 0 Å². The lowest BCUT2D eigenvalue weighted by Crippen LogP contribution is -2.52. The molecule has 1 heterocycles. The molecule has 2 bridgehead atoms. The second kappa shape index (κ2) is 7.98. The van der Waals surface area contributed by atoms with Crippen molar-refractivity contribution in [2.45, 2.75) is 6.42 Å². The normalized spacial score (nSPS) is 24.4. The van der Waals surface area contributed by atoms with Gasteiger partial charge < -0.3 is 0 Å². The SMILES string of the molecule is O=C(CN(C(=O)c1ccc([N+](=O)[O-])cc1)N1C(=O)[C@@H]2[C@H](C1=O)[C@H]1C=C[C@H]2C1)c1ccc(F)cc1. The minimum atomic E-state index is -0.827. The van der Waals surface area contributed by atoms with Gasteiger partial charge in [0, 0.05) is 23.3 Å². The van der Waals surface area contributed by atoms with Crippen LogP contribution >= 0.6 is 0 Å². The first-order valence-corrected chi connectivity index (χ1v) is 10.7. The van der Waals surface area contributed by atoms with E-state index in [1.165, 1.54) is 24.3 Å². The molecule has 0 N–H and O–H groups in total. The van der Waals surface area contributed by atoms with Crippen molar-refractivity contribution in [2.75, 3.05) is 6.54 Å². The summed E-state index contributed by atoms with van der Waals surface area (Å²) in [7, 11) is 0. The second-order valence-electron chi connectivity index (χ2n) is 8.59. The molecule has 34 heavy (non-hydrogen) atoms. The fourth-order valence-corrected chi connectivity index (χ4v) is 5.10. The molecule has 0 radical (unpaired) electrons. The molecule has 3 amide bonds. The summed E-state index contributed by atoms with van der Waals surface area (Å²) >= 11 is 0. The molecule has 2 aromatic rings. The molecule has 2 fully saturated rings. The Morgan fingerprint density at radius 3 is 2.00 bits per heavy atom. The molecule has 1 saturated heterocycles. The Labute approximate surface area is 192 Å². The fraction of sp³-hybridized carbons (Fsp3) is 0.250. The van der Waals surface area contributed by atoms with Crippen LogP contribution in [0, 0.1) is 39.6 Å². The Morgan fingerprint density at radius 2 is 1.47 bits per heavy atom. The van der Waals surface area contributed by atoms with Crippen LogP contribution in [-0.2, 0) is 9.59 Å². The first-order chi connectivity index (χ1) is 16.3. The maximum absolute atomic E-state index is 13.4. The molecule has 0 unspecified atom stereocenters. The Hall–Kier alpha value is -4.21. The average molecular weight is 463 g/mol. The van der Waals surface area contributed by atoms with Gasteiger partial charge in [0.15, 0.2) is 5.78 Å². The highest BCUT2D eigenvalue weighted by molar-refractivity contribution is 6.10. The molecule has 1 saturated carbocycles. The number of nitrogens with zero attached hydrogens (tertiary/aromatic N) is 3. The van der Waals surface area contributed by atoms with E-state index in [0.29, 0.717) is 6.42 Å². The van der Waals surface area contributed by atoms with Crippen LogP contribution in [0.2, 0.25) is 0 Å². The van der Waals surface area contributed by atoms with Gasteiger partial charge in [-0.15, -0.1) is 0 Å². The Bertz CT molecular complexity index is 1230. The predicted octanol–water partition coefficient (Wildman–Crippen LogP) is 2.78. The molecule has 172 valence electrons. The van der Waals surface area contributed by atoms with Gasteiger partial charge in [0.05, 0.1) is 16.8 Å². The van der Waals surface area contributed by atoms with Gasteiger partial charge in [-0.25, -0.2) is 9.40 Å². The van der Waals surface area contributed by atoms with Gasteiger partial charge in [-0.2, -0.15) is 5.01 Å². The first-order valence-electron chi connectivity index (χ1n) is 10.7. The number of ketones is 1.